The number of carboxylic acid groups (broad SMARTS) is 1. The second-order valence-electron chi connectivity index (χ2n) is 4.13. The quantitative estimate of drug-likeness (QED) is 0.816. The zero-order chi connectivity index (χ0) is 15.6. The van der Waals surface area contributed by atoms with Crippen LogP contribution in [0, 0.1) is 6.92 Å². The van der Waals surface area contributed by atoms with Crippen LogP contribution in [0.2, 0.25) is 0 Å². The number of rotatable bonds is 5. The Balaban J connectivity index is 2.26. The van der Waals surface area contributed by atoms with Crippen molar-refractivity contribution in [3.8, 4) is 0 Å². The summed E-state index contributed by atoms with van der Waals surface area (Å²) in [5.74, 6) is -1.19. The van der Waals surface area contributed by atoms with Crippen LogP contribution in [0.15, 0.2) is 32.9 Å². The van der Waals surface area contributed by atoms with Crippen molar-refractivity contribution in [3.63, 3.8) is 0 Å². The number of hydrogen-bond acceptors (Lipinski definition) is 5. The lowest BCUT2D eigenvalue weighted by molar-refractivity contribution is 0.0696. The minimum Gasteiger partial charge on any atom is -0.478 e. The van der Waals surface area contributed by atoms with Crippen molar-refractivity contribution in [2.75, 3.05) is 0 Å². The first-order valence-electron chi connectivity index (χ1n) is 5.73. The summed E-state index contributed by atoms with van der Waals surface area (Å²) in [5, 5.41) is 11.5. The van der Waals surface area contributed by atoms with E-state index in [1.54, 1.807) is 5.38 Å². The zero-order valence-electron chi connectivity index (χ0n) is 10.8. The van der Waals surface area contributed by atoms with E-state index >= 15 is 0 Å². The van der Waals surface area contributed by atoms with Gasteiger partial charge in [0, 0.05) is 9.85 Å². The molecule has 0 amide bonds. The molecule has 0 aliphatic rings. The van der Waals surface area contributed by atoms with Crippen LogP contribution in [0.5, 0.6) is 0 Å². The Labute approximate surface area is 134 Å². The van der Waals surface area contributed by atoms with E-state index in [9.17, 15) is 13.2 Å². The maximum atomic E-state index is 12.2. The van der Waals surface area contributed by atoms with Gasteiger partial charge in [0.25, 0.3) is 0 Å². The lowest BCUT2D eigenvalue weighted by Crippen LogP contribution is -2.24. The summed E-state index contributed by atoms with van der Waals surface area (Å²) < 4.78 is 27.2. The molecule has 0 saturated heterocycles. The zero-order valence-corrected chi connectivity index (χ0v) is 14.0. The third-order valence-electron chi connectivity index (χ3n) is 2.58. The Morgan fingerprint density at radius 3 is 2.76 bits per heavy atom. The molecule has 0 aliphatic carbocycles. The SMILES string of the molecule is Cc1nc(CNS(=O)(=O)c2cc(C(=O)O)ccc2Br)cs1. The molecule has 2 N–H and O–H groups in total. The molecule has 21 heavy (non-hydrogen) atoms. The van der Waals surface area contributed by atoms with Gasteiger partial charge in [-0.05, 0) is 41.1 Å². The number of aryl methyl sites for hydroxylation is 1. The Kier molecular flexibility index (Phi) is 4.77. The van der Waals surface area contributed by atoms with Crippen LogP contribution in [0.1, 0.15) is 21.1 Å². The van der Waals surface area contributed by atoms with Gasteiger partial charge in [0.2, 0.25) is 10.0 Å². The molecule has 6 nitrogen and oxygen atoms in total. The standard InChI is InChI=1S/C12H11BrN2O4S2/c1-7-15-9(6-20-7)5-14-21(18,19)11-4-8(12(16)17)2-3-10(11)13/h2-4,6,14H,5H2,1H3,(H,16,17). The molecule has 112 valence electrons. The molecule has 0 unspecified atom stereocenters. The Hall–Kier alpha value is -1.29. The average molecular weight is 391 g/mol. The summed E-state index contributed by atoms with van der Waals surface area (Å²) in [7, 11) is -3.83. The summed E-state index contributed by atoms with van der Waals surface area (Å²) in [6.45, 7) is 1.88. The lowest BCUT2D eigenvalue weighted by Gasteiger charge is -2.08. The van der Waals surface area contributed by atoms with E-state index in [1.807, 2.05) is 6.92 Å². The van der Waals surface area contributed by atoms with Crippen molar-refractivity contribution in [2.45, 2.75) is 18.4 Å². The van der Waals surface area contributed by atoms with Crippen molar-refractivity contribution < 1.29 is 18.3 Å². The van der Waals surface area contributed by atoms with E-state index < -0.39 is 16.0 Å². The third kappa shape index (κ3) is 3.88. The van der Waals surface area contributed by atoms with Gasteiger partial charge in [0.15, 0.2) is 0 Å². The van der Waals surface area contributed by atoms with E-state index in [2.05, 4.69) is 25.6 Å². The fourth-order valence-electron chi connectivity index (χ4n) is 1.58. The topological polar surface area (TPSA) is 96.4 Å². The number of nitrogens with one attached hydrogen (secondary N) is 1. The monoisotopic (exact) mass is 390 g/mol. The average Bonchev–Trinajstić information content (AvgIpc) is 2.82. The Morgan fingerprint density at radius 2 is 2.19 bits per heavy atom. The molecule has 1 aromatic heterocycles. The molecule has 1 heterocycles. The highest BCUT2D eigenvalue weighted by molar-refractivity contribution is 9.10. The third-order valence-corrected chi connectivity index (χ3v) is 5.79. The number of carboxylic acids is 1. The summed E-state index contributed by atoms with van der Waals surface area (Å²) >= 11 is 4.55. The number of carbonyl (C=O) groups is 1. The van der Waals surface area contributed by atoms with Crippen LogP contribution in [0.25, 0.3) is 0 Å². The van der Waals surface area contributed by atoms with Crippen molar-refractivity contribution in [3.05, 3.63) is 44.3 Å². The minimum atomic E-state index is -3.83. The number of thiazole rings is 1. The van der Waals surface area contributed by atoms with Gasteiger partial charge in [0.1, 0.15) is 0 Å². The van der Waals surface area contributed by atoms with Crippen LogP contribution in [-0.4, -0.2) is 24.5 Å². The van der Waals surface area contributed by atoms with Crippen LogP contribution >= 0.6 is 27.3 Å². The summed E-state index contributed by atoms with van der Waals surface area (Å²) in [5.41, 5.74) is 0.523. The largest absolute Gasteiger partial charge is 0.478 e. The molecular formula is C12H11BrN2O4S2. The van der Waals surface area contributed by atoms with Gasteiger partial charge in [0.05, 0.1) is 27.7 Å². The molecule has 0 aliphatic heterocycles. The van der Waals surface area contributed by atoms with Crippen molar-refractivity contribution >= 4 is 43.3 Å². The van der Waals surface area contributed by atoms with Crippen molar-refractivity contribution in [1.29, 1.82) is 0 Å². The minimum absolute atomic E-state index is 0.0520. The van der Waals surface area contributed by atoms with E-state index in [1.165, 1.54) is 23.5 Å². The number of aromatic nitrogens is 1. The number of nitrogens with zero attached hydrogens (tertiary/aromatic N) is 1. The first-order valence-corrected chi connectivity index (χ1v) is 8.88. The molecule has 0 atom stereocenters. The predicted molar refractivity (Wildman–Crippen MR) is 82.0 cm³/mol. The van der Waals surface area contributed by atoms with E-state index in [-0.39, 0.29) is 17.0 Å². The summed E-state index contributed by atoms with van der Waals surface area (Å²) in [6.07, 6.45) is 0. The first-order chi connectivity index (χ1) is 9.79. The number of sulfonamides is 1. The second kappa shape index (κ2) is 6.22. The Bertz CT molecular complexity index is 786. The van der Waals surface area contributed by atoms with Crippen molar-refractivity contribution in [2.24, 2.45) is 0 Å². The highest BCUT2D eigenvalue weighted by Crippen LogP contribution is 2.23. The van der Waals surface area contributed by atoms with Gasteiger partial charge in [-0.2, -0.15) is 0 Å². The van der Waals surface area contributed by atoms with E-state index in [4.69, 9.17) is 5.11 Å². The molecule has 0 radical (unpaired) electrons. The smallest absolute Gasteiger partial charge is 0.335 e. The highest BCUT2D eigenvalue weighted by Gasteiger charge is 2.20. The van der Waals surface area contributed by atoms with Gasteiger partial charge in [-0.3, -0.25) is 0 Å². The number of aromatic carboxylic acids is 1. The summed E-state index contributed by atoms with van der Waals surface area (Å²) in [6, 6.07) is 3.83. The molecule has 9 heteroatoms. The molecule has 0 bridgehead atoms. The molecule has 2 rings (SSSR count). The lowest BCUT2D eigenvalue weighted by atomic mass is 10.2. The van der Waals surface area contributed by atoms with Crippen LogP contribution in [-0.2, 0) is 16.6 Å². The Morgan fingerprint density at radius 1 is 1.48 bits per heavy atom. The van der Waals surface area contributed by atoms with E-state index in [0.717, 1.165) is 11.1 Å². The van der Waals surface area contributed by atoms with Crippen LogP contribution in [0.4, 0.5) is 0 Å². The maximum Gasteiger partial charge on any atom is 0.335 e. The maximum absolute atomic E-state index is 12.2. The van der Waals surface area contributed by atoms with Gasteiger partial charge >= 0.3 is 5.97 Å². The van der Waals surface area contributed by atoms with Gasteiger partial charge < -0.3 is 5.11 Å². The molecule has 0 spiro atoms. The number of hydrogen-bond donors (Lipinski definition) is 2. The molecule has 0 fully saturated rings. The summed E-state index contributed by atoms with van der Waals surface area (Å²) in [4.78, 5) is 15.0. The molecule has 2 aromatic rings. The fraction of sp³-hybridized carbons (Fsp3) is 0.167. The number of benzene rings is 1. The normalized spacial score (nSPS) is 11.5. The second-order valence-corrected chi connectivity index (χ2v) is 7.78. The van der Waals surface area contributed by atoms with E-state index in [0.29, 0.717) is 10.2 Å². The van der Waals surface area contributed by atoms with Crippen LogP contribution < -0.4 is 4.72 Å². The van der Waals surface area contributed by atoms with Gasteiger partial charge in [-0.1, -0.05) is 0 Å². The predicted octanol–water partition coefficient (Wildman–Crippen LogP) is 2.39. The van der Waals surface area contributed by atoms with Gasteiger partial charge in [-0.25, -0.2) is 22.9 Å². The van der Waals surface area contributed by atoms with Crippen LogP contribution in [0.3, 0.4) is 0 Å². The number of halogens is 1. The van der Waals surface area contributed by atoms with Gasteiger partial charge in [-0.15, -0.1) is 11.3 Å². The highest BCUT2D eigenvalue weighted by atomic mass is 79.9. The first kappa shape index (κ1) is 16.1. The van der Waals surface area contributed by atoms with Crippen molar-refractivity contribution in [1.82, 2.24) is 9.71 Å². The molecule has 0 saturated carbocycles. The molecule has 1 aromatic carbocycles. The fourth-order valence-corrected chi connectivity index (χ4v) is 4.18. The molecular weight excluding hydrogens is 380 g/mol.